The van der Waals surface area contributed by atoms with Crippen molar-refractivity contribution in [1.82, 2.24) is 9.78 Å². The first kappa shape index (κ1) is 12.4. The molecule has 1 aromatic carbocycles. The third-order valence-electron chi connectivity index (χ3n) is 3.91. The molecule has 1 aliphatic carbocycles. The van der Waals surface area contributed by atoms with Gasteiger partial charge in [0.25, 0.3) is 6.43 Å². The van der Waals surface area contributed by atoms with Gasteiger partial charge in [-0.05, 0) is 25.0 Å². The normalized spacial score (nSPS) is 17.4. The summed E-state index contributed by atoms with van der Waals surface area (Å²) < 4.78 is 27.5. The molecule has 2 N–H and O–H groups in total. The van der Waals surface area contributed by atoms with Gasteiger partial charge in [-0.25, -0.2) is 8.78 Å². The minimum Gasteiger partial charge on any atom is -0.398 e. The van der Waals surface area contributed by atoms with E-state index in [0.717, 1.165) is 18.2 Å². The number of aromatic nitrogens is 2. The second-order valence-corrected chi connectivity index (χ2v) is 5.24. The first-order chi connectivity index (χ1) is 9.15. The fourth-order valence-electron chi connectivity index (χ4n) is 2.85. The van der Waals surface area contributed by atoms with Crippen LogP contribution in [0.3, 0.4) is 0 Å². The van der Waals surface area contributed by atoms with Gasteiger partial charge in [-0.2, -0.15) is 5.10 Å². The number of nitrogens with zero attached hydrogens (tertiary/aromatic N) is 2. The average Bonchev–Trinajstić information content (AvgIpc) is 2.81. The van der Waals surface area contributed by atoms with Crippen molar-refractivity contribution in [2.75, 3.05) is 5.73 Å². The molecule has 19 heavy (non-hydrogen) atoms. The van der Waals surface area contributed by atoms with Gasteiger partial charge in [0.15, 0.2) is 0 Å². The Morgan fingerprint density at radius 2 is 1.95 bits per heavy atom. The fourth-order valence-corrected chi connectivity index (χ4v) is 2.85. The van der Waals surface area contributed by atoms with E-state index in [2.05, 4.69) is 5.10 Å². The van der Waals surface area contributed by atoms with Gasteiger partial charge in [-0.15, -0.1) is 0 Å². The summed E-state index contributed by atoms with van der Waals surface area (Å²) in [7, 11) is 0. The first-order valence-corrected chi connectivity index (χ1v) is 6.71. The van der Waals surface area contributed by atoms with Crippen LogP contribution in [0, 0.1) is 0 Å². The highest BCUT2D eigenvalue weighted by Gasteiger charge is 2.18. The predicted octanol–water partition coefficient (Wildman–Crippen LogP) is 4.06. The van der Waals surface area contributed by atoms with Crippen LogP contribution in [-0.4, -0.2) is 9.78 Å². The van der Waals surface area contributed by atoms with Crippen LogP contribution in [0.2, 0.25) is 0 Å². The molecule has 0 spiro atoms. The molecule has 1 aromatic heterocycles. The molecule has 2 aromatic rings. The molecule has 1 heterocycles. The third-order valence-corrected chi connectivity index (χ3v) is 3.91. The third kappa shape index (κ3) is 2.29. The van der Waals surface area contributed by atoms with Crippen molar-refractivity contribution in [3.8, 4) is 0 Å². The zero-order valence-electron chi connectivity index (χ0n) is 10.6. The molecule has 0 unspecified atom stereocenters. The number of halogens is 2. The van der Waals surface area contributed by atoms with E-state index in [1.54, 1.807) is 6.07 Å². The van der Waals surface area contributed by atoms with Crippen molar-refractivity contribution in [2.24, 2.45) is 0 Å². The van der Waals surface area contributed by atoms with Crippen molar-refractivity contribution >= 4 is 16.6 Å². The molecule has 0 saturated heterocycles. The lowest BCUT2D eigenvalue weighted by atomic mass is 9.96. The smallest absolute Gasteiger partial charge is 0.265 e. The Morgan fingerprint density at radius 3 is 2.63 bits per heavy atom. The molecule has 0 atom stereocenters. The summed E-state index contributed by atoms with van der Waals surface area (Å²) in [5, 5.41) is 5.29. The SMILES string of the molecule is Nc1cc2cn(C3CCCCC3)nc2cc1C(F)F. The maximum Gasteiger partial charge on any atom is 0.265 e. The van der Waals surface area contributed by atoms with E-state index >= 15 is 0 Å². The molecule has 0 aliphatic heterocycles. The van der Waals surface area contributed by atoms with E-state index in [1.807, 2.05) is 10.9 Å². The van der Waals surface area contributed by atoms with Crippen LogP contribution in [0.25, 0.3) is 10.9 Å². The Balaban J connectivity index is 2.00. The highest BCUT2D eigenvalue weighted by molar-refractivity contribution is 5.83. The van der Waals surface area contributed by atoms with Crippen LogP contribution in [0.15, 0.2) is 18.3 Å². The van der Waals surface area contributed by atoms with Crippen LogP contribution < -0.4 is 5.73 Å². The molecule has 1 fully saturated rings. The molecule has 5 heteroatoms. The molecule has 0 radical (unpaired) electrons. The van der Waals surface area contributed by atoms with Crippen molar-refractivity contribution < 1.29 is 8.78 Å². The maximum absolute atomic E-state index is 12.8. The number of hydrogen-bond donors (Lipinski definition) is 1. The molecule has 1 saturated carbocycles. The number of hydrogen-bond acceptors (Lipinski definition) is 2. The van der Waals surface area contributed by atoms with Crippen molar-refractivity contribution in [1.29, 1.82) is 0 Å². The summed E-state index contributed by atoms with van der Waals surface area (Å²) in [4.78, 5) is 0. The van der Waals surface area contributed by atoms with Crippen LogP contribution in [-0.2, 0) is 0 Å². The Labute approximate surface area is 110 Å². The summed E-state index contributed by atoms with van der Waals surface area (Å²) >= 11 is 0. The van der Waals surface area contributed by atoms with Gasteiger partial charge in [-0.3, -0.25) is 4.68 Å². The Bertz CT molecular complexity index is 586. The molecule has 0 amide bonds. The maximum atomic E-state index is 12.8. The average molecular weight is 265 g/mol. The van der Waals surface area contributed by atoms with E-state index in [0.29, 0.717) is 11.6 Å². The van der Waals surface area contributed by atoms with Gasteiger partial charge in [0.1, 0.15) is 0 Å². The minimum atomic E-state index is -2.55. The van der Waals surface area contributed by atoms with Gasteiger partial charge < -0.3 is 5.73 Å². The van der Waals surface area contributed by atoms with E-state index in [-0.39, 0.29) is 11.3 Å². The summed E-state index contributed by atoms with van der Waals surface area (Å²) in [6, 6.07) is 3.41. The summed E-state index contributed by atoms with van der Waals surface area (Å²) in [6.45, 7) is 0. The quantitative estimate of drug-likeness (QED) is 0.832. The molecule has 102 valence electrons. The fraction of sp³-hybridized carbons (Fsp3) is 0.500. The summed E-state index contributed by atoms with van der Waals surface area (Å²) in [6.07, 6.45) is 5.31. The zero-order chi connectivity index (χ0) is 13.4. The van der Waals surface area contributed by atoms with Gasteiger partial charge in [0, 0.05) is 22.8 Å². The van der Waals surface area contributed by atoms with Crippen LogP contribution >= 0.6 is 0 Å². The number of alkyl halides is 2. The van der Waals surface area contributed by atoms with Crippen LogP contribution in [0.1, 0.15) is 50.1 Å². The number of rotatable bonds is 2. The van der Waals surface area contributed by atoms with Gasteiger partial charge in [-0.1, -0.05) is 19.3 Å². The van der Waals surface area contributed by atoms with Crippen molar-refractivity contribution in [3.05, 3.63) is 23.9 Å². The summed E-state index contributed by atoms with van der Waals surface area (Å²) in [5.74, 6) is 0. The van der Waals surface area contributed by atoms with Crippen molar-refractivity contribution in [3.63, 3.8) is 0 Å². The lowest BCUT2D eigenvalue weighted by molar-refractivity contribution is 0.152. The van der Waals surface area contributed by atoms with Crippen molar-refractivity contribution in [2.45, 2.75) is 44.6 Å². The minimum absolute atomic E-state index is 0.124. The molecule has 0 bridgehead atoms. The molecule has 3 rings (SSSR count). The van der Waals surface area contributed by atoms with E-state index in [1.165, 1.54) is 25.3 Å². The lowest BCUT2D eigenvalue weighted by Crippen LogP contribution is -2.12. The number of nitrogens with two attached hydrogens (primary N) is 1. The molecule has 3 nitrogen and oxygen atoms in total. The first-order valence-electron chi connectivity index (χ1n) is 6.71. The van der Waals surface area contributed by atoms with Gasteiger partial charge >= 0.3 is 0 Å². The predicted molar refractivity (Wildman–Crippen MR) is 71.2 cm³/mol. The van der Waals surface area contributed by atoms with E-state index in [4.69, 9.17) is 5.73 Å². The number of fused-ring (bicyclic) bond motifs is 1. The second-order valence-electron chi connectivity index (χ2n) is 5.24. The highest BCUT2D eigenvalue weighted by atomic mass is 19.3. The number of anilines is 1. The van der Waals surface area contributed by atoms with E-state index < -0.39 is 6.43 Å². The molecular weight excluding hydrogens is 248 g/mol. The molecular formula is C14H17F2N3. The number of benzene rings is 1. The standard InChI is InChI=1S/C14H17F2N3/c15-14(16)11-7-13-9(6-12(11)17)8-19(18-13)10-4-2-1-3-5-10/h6-8,10,14H,1-5,17H2. The topological polar surface area (TPSA) is 43.8 Å². The lowest BCUT2D eigenvalue weighted by Gasteiger charge is -2.21. The summed E-state index contributed by atoms with van der Waals surface area (Å²) in [5.41, 5.74) is 6.29. The Kier molecular flexibility index (Phi) is 3.12. The van der Waals surface area contributed by atoms with E-state index in [9.17, 15) is 8.78 Å². The van der Waals surface area contributed by atoms with Crippen LogP contribution in [0.5, 0.6) is 0 Å². The van der Waals surface area contributed by atoms with Gasteiger partial charge in [0.05, 0.1) is 11.6 Å². The van der Waals surface area contributed by atoms with Gasteiger partial charge in [0.2, 0.25) is 0 Å². The highest BCUT2D eigenvalue weighted by Crippen LogP contribution is 2.32. The monoisotopic (exact) mass is 265 g/mol. The second kappa shape index (κ2) is 4.79. The zero-order valence-corrected chi connectivity index (χ0v) is 10.6. The molecule has 1 aliphatic rings. The Morgan fingerprint density at radius 1 is 1.21 bits per heavy atom. The number of nitrogen functional groups attached to an aromatic ring is 1. The van der Waals surface area contributed by atoms with Crippen LogP contribution in [0.4, 0.5) is 14.5 Å². The Hall–Kier alpha value is -1.65. The largest absolute Gasteiger partial charge is 0.398 e.